The molecule has 0 aliphatic carbocycles. The highest BCUT2D eigenvalue weighted by Crippen LogP contribution is 2.37. The van der Waals surface area contributed by atoms with Crippen LogP contribution in [0, 0.1) is 11.6 Å². The molecule has 29 heavy (non-hydrogen) atoms. The molecule has 0 unspecified atom stereocenters. The van der Waals surface area contributed by atoms with Crippen LogP contribution in [0.15, 0.2) is 60.7 Å². The van der Waals surface area contributed by atoms with E-state index in [1.54, 1.807) is 6.07 Å². The molecule has 0 atom stereocenters. The van der Waals surface area contributed by atoms with Crippen LogP contribution in [0.25, 0.3) is 33.5 Å². The molecule has 0 spiro atoms. The van der Waals surface area contributed by atoms with Crippen LogP contribution in [0.3, 0.4) is 0 Å². The maximum absolute atomic E-state index is 13.8. The second-order valence-electron chi connectivity index (χ2n) is 6.27. The Morgan fingerprint density at radius 1 is 0.724 bits per heavy atom. The molecule has 4 rings (SSSR count). The largest absolute Gasteiger partial charge is 0.416 e. The van der Waals surface area contributed by atoms with Crippen molar-refractivity contribution in [2.75, 3.05) is 0 Å². The fourth-order valence-corrected chi connectivity index (χ4v) is 3.21. The smallest absolute Gasteiger partial charge is 0.244 e. The molecule has 0 aliphatic rings. The Balaban J connectivity index is 2.07. The Morgan fingerprint density at radius 2 is 1.28 bits per heavy atom. The molecule has 0 aliphatic heterocycles. The van der Waals surface area contributed by atoms with Crippen LogP contribution in [-0.2, 0) is 6.18 Å². The predicted octanol–water partition coefficient (Wildman–Crippen LogP) is 6.91. The van der Waals surface area contributed by atoms with Crippen molar-refractivity contribution in [3.8, 4) is 22.5 Å². The molecule has 1 heterocycles. The highest BCUT2D eigenvalue weighted by atomic mass is 35.5. The van der Waals surface area contributed by atoms with E-state index in [1.165, 1.54) is 42.5 Å². The summed E-state index contributed by atoms with van der Waals surface area (Å²) in [4.78, 5) is 8.66. The summed E-state index contributed by atoms with van der Waals surface area (Å²) in [6, 6.07) is 12.4. The molecule has 4 aromatic rings. The van der Waals surface area contributed by atoms with E-state index in [0.717, 1.165) is 12.1 Å². The molecule has 0 radical (unpaired) electrons. The van der Waals surface area contributed by atoms with Gasteiger partial charge in [0.1, 0.15) is 17.2 Å². The van der Waals surface area contributed by atoms with Gasteiger partial charge in [0.2, 0.25) is 0 Å². The quantitative estimate of drug-likeness (QED) is 0.329. The van der Waals surface area contributed by atoms with E-state index in [4.69, 9.17) is 11.6 Å². The molecule has 0 fully saturated rings. The van der Waals surface area contributed by atoms with Gasteiger partial charge < -0.3 is 0 Å². The molecular formula is C21H10ClF5N2. The second-order valence-corrected chi connectivity index (χ2v) is 6.67. The molecule has 3 aromatic carbocycles. The summed E-state index contributed by atoms with van der Waals surface area (Å²) in [5.41, 5.74) is -0.166. The van der Waals surface area contributed by atoms with E-state index < -0.39 is 23.4 Å². The van der Waals surface area contributed by atoms with Crippen molar-refractivity contribution in [1.82, 2.24) is 9.97 Å². The van der Waals surface area contributed by atoms with Gasteiger partial charge in [-0.2, -0.15) is 13.2 Å². The molecule has 1 aromatic heterocycles. The third-order valence-corrected chi connectivity index (χ3v) is 4.54. The van der Waals surface area contributed by atoms with Gasteiger partial charge in [-0.1, -0.05) is 35.9 Å². The van der Waals surface area contributed by atoms with E-state index in [0.29, 0.717) is 5.56 Å². The fourth-order valence-electron chi connectivity index (χ4n) is 2.96. The van der Waals surface area contributed by atoms with Crippen LogP contribution in [0.1, 0.15) is 5.56 Å². The van der Waals surface area contributed by atoms with Crippen molar-refractivity contribution in [3.63, 3.8) is 0 Å². The van der Waals surface area contributed by atoms with Crippen LogP contribution >= 0.6 is 11.6 Å². The van der Waals surface area contributed by atoms with Gasteiger partial charge in [-0.25, -0.2) is 18.7 Å². The van der Waals surface area contributed by atoms with Crippen molar-refractivity contribution in [2.24, 2.45) is 0 Å². The zero-order valence-electron chi connectivity index (χ0n) is 14.4. The number of aromatic nitrogens is 2. The second kappa shape index (κ2) is 7.08. The molecule has 8 heteroatoms. The number of hydrogen-bond acceptors (Lipinski definition) is 2. The topological polar surface area (TPSA) is 25.8 Å². The Kier molecular flexibility index (Phi) is 4.70. The van der Waals surface area contributed by atoms with Gasteiger partial charge in [-0.05, 0) is 36.4 Å². The van der Waals surface area contributed by atoms with Gasteiger partial charge in [0, 0.05) is 11.1 Å². The lowest BCUT2D eigenvalue weighted by Crippen LogP contribution is -2.06. The van der Waals surface area contributed by atoms with Crippen LogP contribution in [0.5, 0.6) is 0 Å². The number of fused-ring (bicyclic) bond motifs is 1. The van der Waals surface area contributed by atoms with Crippen LogP contribution in [0.4, 0.5) is 22.0 Å². The van der Waals surface area contributed by atoms with Crippen LogP contribution in [-0.4, -0.2) is 9.97 Å². The molecule has 0 amide bonds. The summed E-state index contributed by atoms with van der Waals surface area (Å²) in [6.07, 6.45) is -4.63. The average molecular weight is 421 g/mol. The monoisotopic (exact) mass is 420 g/mol. The van der Waals surface area contributed by atoms with Gasteiger partial charge in [0.25, 0.3) is 0 Å². The lowest BCUT2D eigenvalue weighted by molar-refractivity contribution is -0.137. The first-order valence-corrected chi connectivity index (χ1v) is 8.70. The van der Waals surface area contributed by atoms with Gasteiger partial charge in [0.15, 0.2) is 0 Å². The maximum Gasteiger partial charge on any atom is 0.416 e. The first-order chi connectivity index (χ1) is 13.7. The molecule has 0 saturated carbocycles. The molecule has 0 N–H and O–H groups in total. The summed E-state index contributed by atoms with van der Waals surface area (Å²) >= 11 is 6.05. The summed E-state index contributed by atoms with van der Waals surface area (Å²) in [5, 5.41) is -0.245. The lowest BCUT2D eigenvalue weighted by Gasteiger charge is -2.13. The third-order valence-electron chi connectivity index (χ3n) is 4.25. The van der Waals surface area contributed by atoms with E-state index in [2.05, 4.69) is 9.97 Å². The normalized spacial score (nSPS) is 11.8. The van der Waals surface area contributed by atoms with Crippen molar-refractivity contribution in [1.29, 1.82) is 0 Å². The third kappa shape index (κ3) is 3.78. The number of halogens is 6. The standard InChI is InChI=1S/C21H10ClF5N2/c22-16-9-13(21(25,26)27)10-17-20(16)29-19(12-4-2-6-15(24)8-12)18(28-17)11-3-1-5-14(23)7-11/h1-10H. The number of rotatable bonds is 2. The molecule has 146 valence electrons. The van der Waals surface area contributed by atoms with E-state index in [9.17, 15) is 22.0 Å². The SMILES string of the molecule is Fc1cccc(-c2nc3cc(C(F)(F)F)cc(Cl)c3nc2-c2cccc(F)c2)c1. The average Bonchev–Trinajstić information content (AvgIpc) is 2.66. The van der Waals surface area contributed by atoms with Gasteiger partial charge >= 0.3 is 6.18 Å². The summed E-state index contributed by atoms with van der Waals surface area (Å²) < 4.78 is 67.0. The number of nitrogens with zero attached hydrogens (tertiary/aromatic N) is 2. The van der Waals surface area contributed by atoms with E-state index in [1.807, 2.05) is 0 Å². The van der Waals surface area contributed by atoms with Gasteiger partial charge in [-0.3, -0.25) is 0 Å². The minimum absolute atomic E-state index is 0.0269. The number of benzene rings is 3. The highest BCUT2D eigenvalue weighted by Gasteiger charge is 2.32. The highest BCUT2D eigenvalue weighted by molar-refractivity contribution is 6.35. The Morgan fingerprint density at radius 3 is 1.79 bits per heavy atom. The van der Waals surface area contributed by atoms with Gasteiger partial charge in [0.05, 0.1) is 27.5 Å². The molecule has 0 saturated heterocycles. The van der Waals surface area contributed by atoms with Crippen LogP contribution in [0.2, 0.25) is 5.02 Å². The first kappa shape index (κ1) is 19.3. The molecule has 0 bridgehead atoms. The van der Waals surface area contributed by atoms with Crippen LogP contribution < -0.4 is 0 Å². The number of alkyl halides is 3. The minimum Gasteiger partial charge on any atom is -0.244 e. The summed E-state index contributed by atoms with van der Waals surface area (Å²) in [7, 11) is 0. The Labute approximate surface area is 166 Å². The zero-order valence-corrected chi connectivity index (χ0v) is 15.2. The first-order valence-electron chi connectivity index (χ1n) is 8.33. The zero-order chi connectivity index (χ0) is 20.8. The Hall–Kier alpha value is -3.06. The van der Waals surface area contributed by atoms with Crippen molar-refractivity contribution < 1.29 is 22.0 Å². The fraction of sp³-hybridized carbons (Fsp3) is 0.0476. The van der Waals surface area contributed by atoms with Crippen molar-refractivity contribution in [3.05, 3.63) is 82.9 Å². The number of hydrogen-bond donors (Lipinski definition) is 0. The Bertz CT molecular complexity index is 1240. The minimum atomic E-state index is -4.63. The summed E-state index contributed by atoms with van der Waals surface area (Å²) in [5.74, 6) is -1.09. The summed E-state index contributed by atoms with van der Waals surface area (Å²) in [6.45, 7) is 0. The van der Waals surface area contributed by atoms with Gasteiger partial charge in [-0.15, -0.1) is 0 Å². The van der Waals surface area contributed by atoms with E-state index in [-0.39, 0.29) is 33.0 Å². The molecular weight excluding hydrogens is 411 g/mol. The lowest BCUT2D eigenvalue weighted by atomic mass is 10.0. The maximum atomic E-state index is 13.8. The van der Waals surface area contributed by atoms with E-state index >= 15 is 0 Å². The van der Waals surface area contributed by atoms with Crippen molar-refractivity contribution >= 4 is 22.6 Å². The van der Waals surface area contributed by atoms with Crippen molar-refractivity contribution in [2.45, 2.75) is 6.18 Å². The molecule has 2 nitrogen and oxygen atoms in total. The predicted molar refractivity (Wildman–Crippen MR) is 100 cm³/mol.